The van der Waals surface area contributed by atoms with E-state index >= 15 is 0 Å². The van der Waals surface area contributed by atoms with Crippen molar-refractivity contribution in [2.75, 3.05) is 12.4 Å². The third kappa shape index (κ3) is 2.89. The number of ether oxygens (including phenoxy) is 1. The average Bonchev–Trinajstić information content (AvgIpc) is 2.97. The zero-order valence-electron chi connectivity index (χ0n) is 12.5. The molecule has 0 bridgehead atoms. The first-order valence-corrected chi connectivity index (χ1v) is 7.09. The number of fused-ring (bicyclic) bond motifs is 1. The minimum absolute atomic E-state index is 0.0294. The van der Waals surface area contributed by atoms with Crippen LogP contribution >= 0.6 is 0 Å². The first-order valence-electron chi connectivity index (χ1n) is 7.09. The number of benzene rings is 1. The molecule has 9 heteroatoms. The van der Waals surface area contributed by atoms with Gasteiger partial charge in [0.25, 0.3) is 0 Å². The topological polar surface area (TPSA) is 76.4 Å². The predicted molar refractivity (Wildman–Crippen MR) is 78.3 cm³/mol. The maximum absolute atomic E-state index is 13.4. The zero-order valence-corrected chi connectivity index (χ0v) is 12.5. The van der Waals surface area contributed by atoms with Crippen LogP contribution in [0.1, 0.15) is 34.6 Å². The molecule has 2 N–H and O–H groups in total. The van der Waals surface area contributed by atoms with E-state index in [0.29, 0.717) is 16.0 Å². The molecule has 2 atom stereocenters. The number of alkyl halides is 3. The summed E-state index contributed by atoms with van der Waals surface area (Å²) in [6, 6.07) is 5.27. The Morgan fingerprint density at radius 2 is 2.04 bits per heavy atom. The van der Waals surface area contributed by atoms with E-state index in [2.05, 4.69) is 10.4 Å². The van der Waals surface area contributed by atoms with Crippen LogP contribution in [0.4, 0.5) is 19.0 Å². The third-order valence-electron chi connectivity index (χ3n) is 3.93. The van der Waals surface area contributed by atoms with Crippen LogP contribution in [0.3, 0.4) is 0 Å². The van der Waals surface area contributed by atoms with Crippen LogP contribution < -0.4 is 10.1 Å². The number of aromatic nitrogens is 2. The fraction of sp³-hybridized carbons (Fsp3) is 0.333. The molecule has 1 aromatic heterocycles. The predicted octanol–water partition coefficient (Wildman–Crippen LogP) is 3.25. The second-order valence-corrected chi connectivity index (χ2v) is 5.43. The van der Waals surface area contributed by atoms with Gasteiger partial charge < -0.3 is 15.2 Å². The molecular weight excluding hydrogens is 327 g/mol. The van der Waals surface area contributed by atoms with Crippen LogP contribution in [0.25, 0.3) is 0 Å². The lowest BCUT2D eigenvalue weighted by Crippen LogP contribution is -2.35. The molecule has 0 spiro atoms. The van der Waals surface area contributed by atoms with Crippen molar-refractivity contribution in [1.29, 1.82) is 0 Å². The van der Waals surface area contributed by atoms with Gasteiger partial charge in [-0.05, 0) is 17.7 Å². The Labute approximate surface area is 134 Å². The van der Waals surface area contributed by atoms with Gasteiger partial charge >= 0.3 is 12.1 Å². The second-order valence-electron chi connectivity index (χ2n) is 5.43. The Morgan fingerprint density at radius 3 is 2.58 bits per heavy atom. The number of hydrogen-bond acceptors (Lipinski definition) is 4. The number of methoxy groups -OCH3 is 1. The molecular formula is C15H14F3N3O3. The smallest absolute Gasteiger partial charge is 0.410 e. The molecule has 0 fully saturated rings. The first kappa shape index (κ1) is 16.2. The van der Waals surface area contributed by atoms with E-state index in [-0.39, 0.29) is 12.2 Å². The molecule has 1 aliphatic heterocycles. The SMILES string of the molecule is COc1ccc([C@H]2C[C@@H](C(F)(F)F)n3nc(C(=O)O)cc3N2)cc1. The number of carbonyl (C=O) groups is 1. The Balaban J connectivity index is 1.98. The van der Waals surface area contributed by atoms with Crippen molar-refractivity contribution >= 4 is 11.8 Å². The van der Waals surface area contributed by atoms with Crippen LogP contribution in [-0.4, -0.2) is 34.1 Å². The Kier molecular flexibility index (Phi) is 3.86. The Bertz CT molecular complexity index is 756. The highest BCUT2D eigenvalue weighted by molar-refractivity contribution is 5.86. The molecule has 128 valence electrons. The van der Waals surface area contributed by atoms with E-state index in [1.54, 1.807) is 24.3 Å². The van der Waals surface area contributed by atoms with Gasteiger partial charge in [-0.25, -0.2) is 9.48 Å². The molecule has 6 nitrogen and oxygen atoms in total. The van der Waals surface area contributed by atoms with Gasteiger partial charge in [-0.2, -0.15) is 18.3 Å². The molecule has 0 radical (unpaired) electrons. The normalized spacial score (nSPS) is 20.2. The quantitative estimate of drug-likeness (QED) is 0.896. The number of rotatable bonds is 3. The molecule has 1 aliphatic rings. The minimum atomic E-state index is -4.54. The number of carboxylic acids is 1. The summed E-state index contributed by atoms with van der Waals surface area (Å²) in [5.41, 5.74) is 0.219. The Hall–Kier alpha value is -2.71. The summed E-state index contributed by atoms with van der Waals surface area (Å²) in [4.78, 5) is 11.0. The van der Waals surface area contributed by atoms with Gasteiger partial charge in [-0.15, -0.1) is 0 Å². The number of halogens is 3. The lowest BCUT2D eigenvalue weighted by Gasteiger charge is -2.33. The molecule has 0 amide bonds. The van der Waals surface area contributed by atoms with Crippen LogP contribution in [-0.2, 0) is 0 Å². The maximum atomic E-state index is 13.4. The highest BCUT2D eigenvalue weighted by Crippen LogP contribution is 2.43. The van der Waals surface area contributed by atoms with Crippen LogP contribution in [0.15, 0.2) is 30.3 Å². The number of anilines is 1. The van der Waals surface area contributed by atoms with Crippen molar-refractivity contribution in [1.82, 2.24) is 9.78 Å². The zero-order chi connectivity index (χ0) is 17.5. The summed E-state index contributed by atoms with van der Waals surface area (Å²) in [5.74, 6) is -0.748. The van der Waals surface area contributed by atoms with E-state index in [1.807, 2.05) is 0 Å². The van der Waals surface area contributed by atoms with Crippen molar-refractivity contribution < 1.29 is 27.8 Å². The summed E-state index contributed by atoms with van der Waals surface area (Å²) in [5, 5.41) is 15.5. The van der Waals surface area contributed by atoms with Gasteiger partial charge in [0.2, 0.25) is 0 Å². The highest BCUT2D eigenvalue weighted by Gasteiger charge is 2.46. The maximum Gasteiger partial charge on any atom is 0.410 e. The number of aromatic carboxylic acids is 1. The van der Waals surface area contributed by atoms with E-state index in [1.165, 1.54) is 7.11 Å². The second kappa shape index (κ2) is 5.73. The van der Waals surface area contributed by atoms with Crippen LogP contribution in [0.2, 0.25) is 0 Å². The number of nitrogens with zero attached hydrogens (tertiary/aromatic N) is 2. The van der Waals surface area contributed by atoms with Crippen molar-refractivity contribution in [3.63, 3.8) is 0 Å². The lowest BCUT2D eigenvalue weighted by atomic mass is 9.97. The number of nitrogens with one attached hydrogen (secondary N) is 1. The molecule has 24 heavy (non-hydrogen) atoms. The van der Waals surface area contributed by atoms with Crippen molar-refractivity contribution in [3.05, 3.63) is 41.6 Å². The van der Waals surface area contributed by atoms with Gasteiger partial charge in [-0.3, -0.25) is 0 Å². The summed E-state index contributed by atoms with van der Waals surface area (Å²) in [6.45, 7) is 0. The van der Waals surface area contributed by atoms with Gasteiger partial charge in [0.05, 0.1) is 13.2 Å². The van der Waals surface area contributed by atoms with Gasteiger partial charge in [0, 0.05) is 12.5 Å². The molecule has 3 rings (SSSR count). The van der Waals surface area contributed by atoms with Crippen LogP contribution in [0, 0.1) is 0 Å². The van der Waals surface area contributed by atoms with E-state index < -0.39 is 29.9 Å². The molecule has 1 aromatic carbocycles. The Morgan fingerprint density at radius 1 is 1.38 bits per heavy atom. The number of hydrogen-bond donors (Lipinski definition) is 2. The molecule has 2 heterocycles. The van der Waals surface area contributed by atoms with Crippen LogP contribution in [0.5, 0.6) is 5.75 Å². The van der Waals surface area contributed by atoms with E-state index in [4.69, 9.17) is 9.84 Å². The lowest BCUT2D eigenvalue weighted by molar-refractivity contribution is -0.173. The molecule has 0 unspecified atom stereocenters. The van der Waals surface area contributed by atoms with Gasteiger partial charge in [0.1, 0.15) is 11.6 Å². The standard InChI is InChI=1S/C15H14F3N3O3/c1-24-9-4-2-8(3-5-9)10-6-12(15(16,17)18)21-13(19-10)7-11(20-21)14(22)23/h2-5,7,10,12,19H,6H2,1H3,(H,22,23)/t10-,12+/m1/s1. The molecule has 0 saturated heterocycles. The van der Waals surface area contributed by atoms with Crippen molar-refractivity contribution in [2.45, 2.75) is 24.7 Å². The van der Waals surface area contributed by atoms with E-state index in [0.717, 1.165) is 6.07 Å². The summed E-state index contributed by atoms with van der Waals surface area (Å²) >= 11 is 0. The summed E-state index contributed by atoms with van der Waals surface area (Å²) < 4.78 is 45.9. The first-order chi connectivity index (χ1) is 11.3. The summed E-state index contributed by atoms with van der Waals surface area (Å²) in [6.07, 6.45) is -4.83. The number of carboxylic acid groups (broad SMARTS) is 1. The fourth-order valence-corrected chi connectivity index (χ4v) is 2.73. The largest absolute Gasteiger partial charge is 0.497 e. The van der Waals surface area contributed by atoms with E-state index in [9.17, 15) is 18.0 Å². The monoisotopic (exact) mass is 341 g/mol. The van der Waals surface area contributed by atoms with Crippen molar-refractivity contribution in [2.24, 2.45) is 0 Å². The highest BCUT2D eigenvalue weighted by atomic mass is 19.4. The van der Waals surface area contributed by atoms with Gasteiger partial charge in [-0.1, -0.05) is 12.1 Å². The van der Waals surface area contributed by atoms with Gasteiger partial charge in [0.15, 0.2) is 11.7 Å². The third-order valence-corrected chi connectivity index (χ3v) is 3.93. The average molecular weight is 341 g/mol. The molecule has 2 aromatic rings. The fourth-order valence-electron chi connectivity index (χ4n) is 2.73. The molecule has 0 saturated carbocycles. The summed E-state index contributed by atoms with van der Waals surface area (Å²) in [7, 11) is 1.50. The minimum Gasteiger partial charge on any atom is -0.497 e. The molecule has 0 aliphatic carbocycles. The van der Waals surface area contributed by atoms with Crippen molar-refractivity contribution in [3.8, 4) is 5.75 Å².